The Hall–Kier alpha value is -1.14. The van der Waals surface area contributed by atoms with Crippen LogP contribution in [-0.4, -0.2) is 0 Å². The number of hydrogen-bond donors (Lipinski definition) is 0. The molecule has 0 radical (unpaired) electrons. The Kier molecular flexibility index (Phi) is 2.84. The Labute approximate surface area is 79.6 Å². The van der Waals surface area contributed by atoms with Gasteiger partial charge in [-0.1, -0.05) is 11.6 Å². The van der Waals surface area contributed by atoms with Crippen LogP contribution in [0.15, 0.2) is 12.1 Å². The lowest BCUT2D eigenvalue weighted by atomic mass is 10.0. The molecule has 1 nitrogen and oxygen atoms in total. The molecule has 4 heteroatoms. The molecule has 1 rings (SSSR count). The van der Waals surface area contributed by atoms with E-state index < -0.39 is 17.6 Å². The fraction of sp³-hybridized carbons (Fsp3) is 0.222. The van der Waals surface area contributed by atoms with Gasteiger partial charge in [-0.15, -0.1) is 0 Å². The molecule has 0 saturated heterocycles. The summed E-state index contributed by atoms with van der Waals surface area (Å²) in [4.78, 5) is 0. The second-order valence-electron chi connectivity index (χ2n) is 2.64. The maximum atomic E-state index is 13.0. The molecular formula is C9H6ClF2N. The highest BCUT2D eigenvalue weighted by atomic mass is 35.5. The van der Waals surface area contributed by atoms with Crippen LogP contribution in [0.4, 0.5) is 8.78 Å². The van der Waals surface area contributed by atoms with Gasteiger partial charge in [0, 0.05) is 11.6 Å². The molecule has 0 N–H and O–H groups in total. The average Bonchev–Trinajstić information content (AvgIpc) is 2.10. The van der Waals surface area contributed by atoms with E-state index in [9.17, 15) is 8.78 Å². The second kappa shape index (κ2) is 3.71. The Morgan fingerprint density at radius 2 is 2.00 bits per heavy atom. The summed E-state index contributed by atoms with van der Waals surface area (Å²) >= 11 is 5.44. The molecule has 0 aliphatic carbocycles. The first-order chi connectivity index (χ1) is 6.06. The molecule has 0 amide bonds. The van der Waals surface area contributed by atoms with Crippen molar-refractivity contribution in [1.29, 1.82) is 5.26 Å². The number of halogens is 3. The summed E-state index contributed by atoms with van der Waals surface area (Å²) in [6.07, 6.45) is 0. The van der Waals surface area contributed by atoms with Crippen LogP contribution >= 0.6 is 11.6 Å². The van der Waals surface area contributed by atoms with E-state index in [0.29, 0.717) is 6.07 Å². The van der Waals surface area contributed by atoms with Crippen LogP contribution < -0.4 is 0 Å². The van der Waals surface area contributed by atoms with Crippen molar-refractivity contribution in [1.82, 2.24) is 0 Å². The maximum Gasteiger partial charge on any atom is 0.144 e. The number of benzene rings is 1. The predicted octanol–water partition coefficient (Wildman–Crippen LogP) is 3.25. The summed E-state index contributed by atoms with van der Waals surface area (Å²) in [5, 5.41) is 8.35. The van der Waals surface area contributed by atoms with Crippen molar-refractivity contribution in [2.24, 2.45) is 0 Å². The van der Waals surface area contributed by atoms with Gasteiger partial charge in [0.1, 0.15) is 11.6 Å². The van der Waals surface area contributed by atoms with Gasteiger partial charge in [-0.3, -0.25) is 0 Å². The number of nitriles is 1. The first-order valence-corrected chi connectivity index (χ1v) is 3.98. The summed E-state index contributed by atoms with van der Waals surface area (Å²) in [6, 6.07) is 3.67. The van der Waals surface area contributed by atoms with Gasteiger partial charge in [0.15, 0.2) is 0 Å². The highest BCUT2D eigenvalue weighted by molar-refractivity contribution is 6.30. The van der Waals surface area contributed by atoms with E-state index in [2.05, 4.69) is 0 Å². The molecule has 1 aromatic carbocycles. The van der Waals surface area contributed by atoms with Crippen LogP contribution in [0.5, 0.6) is 0 Å². The van der Waals surface area contributed by atoms with Crippen molar-refractivity contribution in [2.75, 3.05) is 0 Å². The van der Waals surface area contributed by atoms with Gasteiger partial charge in [0.2, 0.25) is 0 Å². The summed E-state index contributed by atoms with van der Waals surface area (Å²) in [5.41, 5.74) is 0.119. The van der Waals surface area contributed by atoms with E-state index in [1.807, 2.05) is 6.07 Å². The van der Waals surface area contributed by atoms with E-state index in [1.54, 1.807) is 0 Å². The van der Waals surface area contributed by atoms with Crippen molar-refractivity contribution < 1.29 is 8.78 Å². The van der Waals surface area contributed by atoms with Gasteiger partial charge in [-0.2, -0.15) is 5.26 Å². The summed E-state index contributed by atoms with van der Waals surface area (Å²) in [6.45, 7) is 1.52. The van der Waals surface area contributed by atoms with Crippen LogP contribution in [0.1, 0.15) is 18.4 Å². The van der Waals surface area contributed by atoms with E-state index in [-0.39, 0.29) is 10.6 Å². The van der Waals surface area contributed by atoms with Crippen LogP contribution in [-0.2, 0) is 0 Å². The minimum atomic E-state index is -0.812. The van der Waals surface area contributed by atoms with Gasteiger partial charge in [-0.05, 0) is 13.0 Å². The Morgan fingerprint density at radius 3 is 2.54 bits per heavy atom. The zero-order valence-corrected chi connectivity index (χ0v) is 7.57. The molecule has 0 bridgehead atoms. The summed E-state index contributed by atoms with van der Waals surface area (Å²) in [5.74, 6) is -2.18. The van der Waals surface area contributed by atoms with Crippen molar-refractivity contribution in [3.8, 4) is 6.07 Å². The molecule has 0 heterocycles. The van der Waals surface area contributed by atoms with Crippen LogP contribution in [0, 0.1) is 23.0 Å². The molecule has 0 aliphatic rings. The lowest BCUT2D eigenvalue weighted by Crippen LogP contribution is -1.96. The molecule has 1 atom stereocenters. The average molecular weight is 202 g/mol. The molecule has 0 aliphatic heterocycles. The third-order valence-corrected chi connectivity index (χ3v) is 1.99. The summed E-state index contributed by atoms with van der Waals surface area (Å²) < 4.78 is 25.7. The largest absolute Gasteiger partial charge is 0.207 e. The van der Waals surface area contributed by atoms with Gasteiger partial charge >= 0.3 is 0 Å². The summed E-state index contributed by atoms with van der Waals surface area (Å²) in [7, 11) is 0. The van der Waals surface area contributed by atoms with Crippen LogP contribution in [0.25, 0.3) is 0 Å². The van der Waals surface area contributed by atoms with Crippen molar-refractivity contribution in [3.63, 3.8) is 0 Å². The van der Waals surface area contributed by atoms with E-state index in [4.69, 9.17) is 16.9 Å². The quantitative estimate of drug-likeness (QED) is 0.640. The monoisotopic (exact) mass is 201 g/mol. The Bertz CT molecular complexity index is 371. The minimum absolute atomic E-state index is 0.119. The van der Waals surface area contributed by atoms with Crippen molar-refractivity contribution in [3.05, 3.63) is 34.4 Å². The zero-order valence-electron chi connectivity index (χ0n) is 6.81. The van der Waals surface area contributed by atoms with E-state index >= 15 is 0 Å². The number of nitrogens with zero attached hydrogens (tertiary/aromatic N) is 1. The minimum Gasteiger partial charge on any atom is -0.207 e. The molecule has 13 heavy (non-hydrogen) atoms. The van der Waals surface area contributed by atoms with Gasteiger partial charge in [-0.25, -0.2) is 8.78 Å². The standard InChI is InChI=1S/C9H6ClF2N/c1-5(4-13)6-2-7(10)9(12)3-8(6)11/h2-3,5H,1H3. The first kappa shape index (κ1) is 9.94. The first-order valence-electron chi connectivity index (χ1n) is 3.60. The third-order valence-electron chi connectivity index (χ3n) is 1.70. The topological polar surface area (TPSA) is 23.8 Å². The van der Waals surface area contributed by atoms with Gasteiger partial charge in [0.25, 0.3) is 0 Å². The highest BCUT2D eigenvalue weighted by Crippen LogP contribution is 2.24. The predicted molar refractivity (Wildman–Crippen MR) is 45.4 cm³/mol. The van der Waals surface area contributed by atoms with Gasteiger partial charge in [0.05, 0.1) is 17.0 Å². The molecule has 0 spiro atoms. The zero-order chi connectivity index (χ0) is 10.0. The molecular weight excluding hydrogens is 196 g/mol. The van der Waals surface area contributed by atoms with Crippen LogP contribution in [0.2, 0.25) is 5.02 Å². The lowest BCUT2D eigenvalue weighted by molar-refractivity contribution is 0.570. The molecule has 0 fully saturated rings. The van der Waals surface area contributed by atoms with E-state index in [1.165, 1.54) is 6.92 Å². The van der Waals surface area contributed by atoms with Gasteiger partial charge < -0.3 is 0 Å². The highest BCUT2D eigenvalue weighted by Gasteiger charge is 2.13. The number of rotatable bonds is 1. The second-order valence-corrected chi connectivity index (χ2v) is 3.05. The fourth-order valence-corrected chi connectivity index (χ4v) is 1.11. The molecule has 68 valence electrons. The Morgan fingerprint density at radius 1 is 1.38 bits per heavy atom. The normalized spacial score (nSPS) is 12.2. The number of hydrogen-bond acceptors (Lipinski definition) is 1. The molecule has 0 saturated carbocycles. The fourth-order valence-electron chi connectivity index (χ4n) is 0.939. The SMILES string of the molecule is CC(C#N)c1cc(Cl)c(F)cc1F. The third kappa shape index (κ3) is 1.96. The lowest BCUT2D eigenvalue weighted by Gasteiger charge is -2.05. The van der Waals surface area contributed by atoms with Crippen molar-refractivity contribution in [2.45, 2.75) is 12.8 Å². The van der Waals surface area contributed by atoms with E-state index in [0.717, 1.165) is 6.07 Å². The molecule has 0 aromatic heterocycles. The maximum absolute atomic E-state index is 13.0. The molecule has 1 aromatic rings. The Balaban J connectivity index is 3.25. The van der Waals surface area contributed by atoms with Crippen molar-refractivity contribution >= 4 is 11.6 Å². The smallest absolute Gasteiger partial charge is 0.144 e. The molecule has 1 unspecified atom stereocenters. The van der Waals surface area contributed by atoms with Crippen LogP contribution in [0.3, 0.4) is 0 Å².